The average Bonchev–Trinajstić information content (AvgIpc) is 2.92. The Labute approximate surface area is 156 Å². The van der Waals surface area contributed by atoms with E-state index in [9.17, 15) is 4.79 Å². The summed E-state index contributed by atoms with van der Waals surface area (Å²) < 4.78 is 5.81. The van der Waals surface area contributed by atoms with Gasteiger partial charge in [-0.2, -0.15) is 0 Å². The number of nitrogens with zero attached hydrogens (tertiary/aromatic N) is 2. The van der Waals surface area contributed by atoms with Crippen molar-refractivity contribution in [1.29, 1.82) is 0 Å². The van der Waals surface area contributed by atoms with Crippen LogP contribution in [0.4, 0.5) is 0 Å². The van der Waals surface area contributed by atoms with Gasteiger partial charge in [-0.15, -0.1) is 30.6 Å². The Bertz CT molecular complexity index is 465. The van der Waals surface area contributed by atoms with Gasteiger partial charge in [-0.3, -0.25) is 4.79 Å². The van der Waals surface area contributed by atoms with Gasteiger partial charge in [0.25, 0.3) is 0 Å². The molecule has 0 aromatic carbocycles. The van der Waals surface area contributed by atoms with Gasteiger partial charge in [-0.05, 0) is 6.42 Å². The second-order valence-electron chi connectivity index (χ2n) is 6.81. The Morgan fingerprint density at radius 1 is 1.48 bits per heavy atom. The van der Waals surface area contributed by atoms with Crippen molar-refractivity contribution in [2.75, 3.05) is 33.8 Å². The van der Waals surface area contributed by atoms with Crippen LogP contribution in [0.2, 0.25) is 0 Å². The number of carbonyl (C=O) groups is 1. The number of hydrogen-bond acceptors (Lipinski definition) is 3. The molecule has 1 amide bonds. The summed E-state index contributed by atoms with van der Waals surface area (Å²) in [6.07, 6.45) is 3.18. The number of rotatable bonds is 5. The van der Waals surface area contributed by atoms with Crippen molar-refractivity contribution in [1.82, 2.24) is 15.5 Å². The highest BCUT2D eigenvalue weighted by Gasteiger charge is 2.59. The summed E-state index contributed by atoms with van der Waals surface area (Å²) in [5.41, 5.74) is 0.0728. The summed E-state index contributed by atoms with van der Waals surface area (Å²) in [7, 11) is 3.47. The topological polar surface area (TPSA) is 66.0 Å². The van der Waals surface area contributed by atoms with Crippen LogP contribution in [0.15, 0.2) is 17.6 Å². The maximum atomic E-state index is 11.7. The molecule has 0 aromatic heterocycles. The molecule has 1 saturated carbocycles. The van der Waals surface area contributed by atoms with Gasteiger partial charge in [0.1, 0.15) is 6.54 Å². The van der Waals surface area contributed by atoms with Gasteiger partial charge in [0, 0.05) is 44.6 Å². The molecule has 2 aliphatic rings. The highest BCUT2D eigenvalue weighted by Crippen LogP contribution is 2.52. The SMILES string of the molecule is C=CCNC(=NCC(=O)N(C)C)NC1C2CCOC2C1(C)C.I. The fourth-order valence-corrected chi connectivity index (χ4v) is 3.37. The zero-order valence-electron chi connectivity index (χ0n) is 14.5. The lowest BCUT2D eigenvalue weighted by Crippen LogP contribution is -2.68. The van der Waals surface area contributed by atoms with E-state index in [4.69, 9.17) is 4.74 Å². The van der Waals surface area contributed by atoms with Gasteiger partial charge >= 0.3 is 0 Å². The Morgan fingerprint density at radius 3 is 2.78 bits per heavy atom. The molecule has 3 unspecified atom stereocenters. The van der Waals surface area contributed by atoms with Gasteiger partial charge in [0.05, 0.1) is 6.10 Å². The van der Waals surface area contributed by atoms with Crippen LogP contribution in [-0.2, 0) is 9.53 Å². The van der Waals surface area contributed by atoms with E-state index in [0.717, 1.165) is 13.0 Å². The van der Waals surface area contributed by atoms with Crippen LogP contribution in [0.3, 0.4) is 0 Å². The minimum Gasteiger partial charge on any atom is -0.377 e. The van der Waals surface area contributed by atoms with E-state index in [0.29, 0.717) is 30.6 Å². The monoisotopic (exact) mass is 436 g/mol. The van der Waals surface area contributed by atoms with Crippen LogP contribution < -0.4 is 10.6 Å². The van der Waals surface area contributed by atoms with Crippen molar-refractivity contribution in [3.8, 4) is 0 Å². The predicted molar refractivity (Wildman–Crippen MR) is 103 cm³/mol. The molecule has 23 heavy (non-hydrogen) atoms. The predicted octanol–water partition coefficient (Wildman–Crippen LogP) is 1.23. The molecule has 1 aliphatic carbocycles. The lowest BCUT2D eigenvalue weighted by molar-refractivity contribution is -0.127. The lowest BCUT2D eigenvalue weighted by Gasteiger charge is -2.54. The highest BCUT2D eigenvalue weighted by molar-refractivity contribution is 14.0. The molecular weight excluding hydrogens is 407 g/mol. The summed E-state index contributed by atoms with van der Waals surface area (Å²) in [6, 6.07) is 0.311. The largest absolute Gasteiger partial charge is 0.377 e. The number of amides is 1. The molecule has 2 N–H and O–H groups in total. The van der Waals surface area contributed by atoms with E-state index in [1.807, 2.05) is 0 Å². The van der Waals surface area contributed by atoms with E-state index in [-0.39, 0.29) is 41.8 Å². The minimum absolute atomic E-state index is 0. The lowest BCUT2D eigenvalue weighted by atomic mass is 9.57. The molecular formula is C16H29IN4O2. The number of ether oxygens (including phenoxy) is 1. The summed E-state index contributed by atoms with van der Waals surface area (Å²) >= 11 is 0. The van der Waals surface area contributed by atoms with Gasteiger partial charge < -0.3 is 20.3 Å². The van der Waals surface area contributed by atoms with Crippen LogP contribution in [0, 0.1) is 11.3 Å². The Hall–Kier alpha value is -0.830. The first-order chi connectivity index (χ1) is 10.4. The van der Waals surface area contributed by atoms with Crippen molar-refractivity contribution in [3.05, 3.63) is 12.7 Å². The first-order valence-electron chi connectivity index (χ1n) is 7.85. The third-order valence-corrected chi connectivity index (χ3v) is 4.68. The van der Waals surface area contributed by atoms with E-state index in [1.54, 1.807) is 25.1 Å². The van der Waals surface area contributed by atoms with E-state index in [1.165, 1.54) is 0 Å². The normalized spacial score (nSPS) is 28.0. The average molecular weight is 436 g/mol. The number of fused-ring (bicyclic) bond motifs is 1. The molecule has 3 atom stereocenters. The van der Waals surface area contributed by atoms with Gasteiger partial charge in [0.15, 0.2) is 5.96 Å². The molecule has 0 radical (unpaired) electrons. The molecule has 2 rings (SSSR count). The van der Waals surface area contributed by atoms with Gasteiger partial charge in [0.2, 0.25) is 5.91 Å². The second-order valence-corrected chi connectivity index (χ2v) is 6.81. The summed E-state index contributed by atoms with van der Waals surface area (Å²) in [4.78, 5) is 17.7. The number of nitrogens with one attached hydrogen (secondary N) is 2. The number of halogens is 1. The van der Waals surface area contributed by atoms with Crippen molar-refractivity contribution < 1.29 is 9.53 Å². The first kappa shape index (κ1) is 20.2. The van der Waals surface area contributed by atoms with Crippen molar-refractivity contribution in [2.24, 2.45) is 16.3 Å². The summed E-state index contributed by atoms with van der Waals surface area (Å²) in [5, 5.41) is 6.67. The quantitative estimate of drug-likeness (QED) is 0.295. The van der Waals surface area contributed by atoms with E-state index in [2.05, 4.69) is 36.1 Å². The van der Waals surface area contributed by atoms with Crippen molar-refractivity contribution >= 4 is 35.8 Å². The van der Waals surface area contributed by atoms with Crippen LogP contribution in [0.25, 0.3) is 0 Å². The molecule has 1 heterocycles. The van der Waals surface area contributed by atoms with Crippen LogP contribution in [0.5, 0.6) is 0 Å². The van der Waals surface area contributed by atoms with Crippen LogP contribution in [0.1, 0.15) is 20.3 Å². The molecule has 1 aliphatic heterocycles. The molecule has 1 saturated heterocycles. The van der Waals surface area contributed by atoms with E-state index < -0.39 is 0 Å². The summed E-state index contributed by atoms with van der Waals surface area (Å²) in [5.74, 6) is 1.17. The standard InChI is InChI=1S/C16H28N4O2.HI/c1-6-8-17-15(18-10-12(21)20(4)5)19-13-11-7-9-22-14(11)16(13,2)3;/h6,11,13-14H,1,7-10H2,2-5H3,(H2,17,18,19);1H. The van der Waals surface area contributed by atoms with Crippen molar-refractivity contribution in [3.63, 3.8) is 0 Å². The molecule has 0 aromatic rings. The Morgan fingerprint density at radius 2 is 2.17 bits per heavy atom. The maximum Gasteiger partial charge on any atom is 0.243 e. The number of likely N-dealkylation sites (N-methyl/N-ethyl adjacent to an activating group) is 1. The third kappa shape index (κ3) is 4.37. The second kappa shape index (κ2) is 8.32. The highest BCUT2D eigenvalue weighted by atomic mass is 127. The Kier molecular flexibility index (Phi) is 7.31. The fraction of sp³-hybridized carbons (Fsp3) is 0.750. The Balaban J connectivity index is 0.00000264. The number of hydrogen-bond donors (Lipinski definition) is 2. The van der Waals surface area contributed by atoms with Crippen LogP contribution >= 0.6 is 24.0 Å². The number of carbonyl (C=O) groups excluding carboxylic acids is 1. The smallest absolute Gasteiger partial charge is 0.243 e. The molecule has 7 heteroatoms. The molecule has 0 bridgehead atoms. The molecule has 0 spiro atoms. The number of guanidine groups is 1. The van der Waals surface area contributed by atoms with Gasteiger partial charge in [-0.1, -0.05) is 19.9 Å². The van der Waals surface area contributed by atoms with Crippen molar-refractivity contribution in [2.45, 2.75) is 32.4 Å². The van der Waals surface area contributed by atoms with Crippen LogP contribution in [-0.4, -0.2) is 62.7 Å². The van der Waals surface area contributed by atoms with Gasteiger partial charge in [-0.25, -0.2) is 4.99 Å². The third-order valence-electron chi connectivity index (χ3n) is 4.68. The zero-order chi connectivity index (χ0) is 16.3. The fourth-order valence-electron chi connectivity index (χ4n) is 3.37. The zero-order valence-corrected chi connectivity index (χ0v) is 16.8. The summed E-state index contributed by atoms with van der Waals surface area (Å²) in [6.45, 7) is 9.72. The van der Waals surface area contributed by atoms with E-state index >= 15 is 0 Å². The molecule has 2 fully saturated rings. The molecule has 6 nitrogen and oxygen atoms in total. The number of aliphatic imine (C=N–C) groups is 1. The minimum atomic E-state index is -0.0188. The first-order valence-corrected chi connectivity index (χ1v) is 7.85. The molecule has 132 valence electrons. The maximum absolute atomic E-state index is 11.7.